The summed E-state index contributed by atoms with van der Waals surface area (Å²) in [5, 5.41) is 3.32. The highest BCUT2D eigenvalue weighted by molar-refractivity contribution is 14.0. The van der Waals surface area contributed by atoms with Crippen LogP contribution in [0, 0.1) is 5.82 Å². The van der Waals surface area contributed by atoms with Gasteiger partial charge in [0.25, 0.3) is 0 Å². The van der Waals surface area contributed by atoms with E-state index in [2.05, 4.69) is 32.0 Å². The summed E-state index contributed by atoms with van der Waals surface area (Å²) in [5.41, 5.74) is 1.22. The van der Waals surface area contributed by atoms with Crippen LogP contribution in [0.2, 0.25) is 0 Å². The molecule has 0 radical (unpaired) electrons. The molecule has 8 heteroatoms. The van der Waals surface area contributed by atoms with Gasteiger partial charge < -0.3 is 19.5 Å². The quantitative estimate of drug-likeness (QED) is 0.278. The lowest BCUT2D eigenvalue weighted by Crippen LogP contribution is -2.40. The molecule has 0 aliphatic carbocycles. The van der Waals surface area contributed by atoms with Crippen molar-refractivity contribution in [2.45, 2.75) is 13.1 Å². The van der Waals surface area contributed by atoms with Crippen LogP contribution in [0.25, 0.3) is 0 Å². The summed E-state index contributed by atoms with van der Waals surface area (Å²) in [6.07, 6.45) is 3.77. The molecular weight excluding hydrogens is 496 g/mol. The number of aliphatic imine (C=N–C) groups is 1. The minimum absolute atomic E-state index is 0. The zero-order chi connectivity index (χ0) is 20.5. The minimum atomic E-state index is -0.358. The Labute approximate surface area is 193 Å². The van der Waals surface area contributed by atoms with Crippen molar-refractivity contribution >= 4 is 29.9 Å². The largest absolute Gasteiger partial charge is 0.489 e. The van der Waals surface area contributed by atoms with Gasteiger partial charge in [0.2, 0.25) is 0 Å². The topological polar surface area (TPSA) is 54.7 Å². The standard InChI is InChI=1S/C22H26FN5O.HI/c1-24-22(27(2)14-15-29-20-11-7-6-10-19(20)23)26-16-21-25-12-13-28(21)17-18-8-4-3-5-9-18;/h3-13H,14-17H2,1-2H3,(H,24,26);1H. The molecule has 3 rings (SSSR count). The van der Waals surface area contributed by atoms with Gasteiger partial charge in [-0.3, -0.25) is 4.99 Å². The third-order valence-electron chi connectivity index (χ3n) is 4.50. The van der Waals surface area contributed by atoms with Crippen molar-refractivity contribution in [3.05, 3.63) is 84.2 Å². The summed E-state index contributed by atoms with van der Waals surface area (Å²) < 4.78 is 21.3. The zero-order valence-corrected chi connectivity index (χ0v) is 19.5. The Bertz CT molecular complexity index is 932. The number of para-hydroxylation sites is 1. The van der Waals surface area contributed by atoms with Crippen LogP contribution in [0.5, 0.6) is 5.75 Å². The molecule has 0 bridgehead atoms. The number of nitrogens with zero attached hydrogens (tertiary/aromatic N) is 4. The van der Waals surface area contributed by atoms with Crippen molar-refractivity contribution in [3.8, 4) is 5.75 Å². The van der Waals surface area contributed by atoms with E-state index >= 15 is 0 Å². The first-order valence-electron chi connectivity index (χ1n) is 9.50. The number of rotatable bonds is 8. The predicted molar refractivity (Wildman–Crippen MR) is 128 cm³/mol. The van der Waals surface area contributed by atoms with Crippen LogP contribution in [0.3, 0.4) is 0 Å². The number of benzene rings is 2. The summed E-state index contributed by atoms with van der Waals surface area (Å²) in [4.78, 5) is 10.7. The molecule has 0 saturated heterocycles. The second kappa shape index (κ2) is 12.2. The fourth-order valence-corrected chi connectivity index (χ4v) is 2.93. The third kappa shape index (κ3) is 6.72. The third-order valence-corrected chi connectivity index (χ3v) is 4.50. The highest BCUT2D eigenvalue weighted by atomic mass is 127. The Morgan fingerprint density at radius 2 is 1.90 bits per heavy atom. The number of aromatic nitrogens is 2. The Kier molecular flexibility index (Phi) is 9.59. The van der Waals surface area contributed by atoms with E-state index in [9.17, 15) is 4.39 Å². The molecular formula is C22H27FIN5O. The molecule has 1 heterocycles. The van der Waals surface area contributed by atoms with Crippen LogP contribution in [0.15, 0.2) is 72.0 Å². The van der Waals surface area contributed by atoms with Gasteiger partial charge in [-0.15, -0.1) is 24.0 Å². The molecule has 0 atom stereocenters. The molecule has 1 N–H and O–H groups in total. The van der Waals surface area contributed by atoms with Crippen molar-refractivity contribution in [2.75, 3.05) is 27.2 Å². The molecule has 1 aromatic heterocycles. The van der Waals surface area contributed by atoms with Crippen LogP contribution in [-0.4, -0.2) is 47.7 Å². The summed E-state index contributed by atoms with van der Waals surface area (Å²) in [5.74, 6) is 1.54. The van der Waals surface area contributed by atoms with E-state index in [1.165, 1.54) is 11.6 Å². The van der Waals surface area contributed by atoms with Crippen LogP contribution in [0.1, 0.15) is 11.4 Å². The first-order chi connectivity index (χ1) is 14.2. The van der Waals surface area contributed by atoms with Crippen LogP contribution in [-0.2, 0) is 13.1 Å². The monoisotopic (exact) mass is 523 g/mol. The van der Waals surface area contributed by atoms with Gasteiger partial charge >= 0.3 is 0 Å². The van der Waals surface area contributed by atoms with Gasteiger partial charge in [-0.25, -0.2) is 9.37 Å². The van der Waals surface area contributed by atoms with Crippen LogP contribution < -0.4 is 10.1 Å². The van der Waals surface area contributed by atoms with Gasteiger partial charge in [0.15, 0.2) is 17.5 Å². The molecule has 2 aromatic carbocycles. The maximum Gasteiger partial charge on any atom is 0.193 e. The maximum absolute atomic E-state index is 13.6. The Morgan fingerprint density at radius 3 is 2.63 bits per heavy atom. The van der Waals surface area contributed by atoms with Crippen LogP contribution >= 0.6 is 24.0 Å². The second-order valence-corrected chi connectivity index (χ2v) is 6.56. The SMILES string of the molecule is CN=C(NCc1nccn1Cc1ccccc1)N(C)CCOc1ccccc1F.I. The summed E-state index contributed by atoms with van der Waals surface area (Å²) in [6.45, 7) is 2.22. The number of ether oxygens (including phenoxy) is 1. The number of nitrogens with one attached hydrogen (secondary N) is 1. The van der Waals surface area contributed by atoms with Crippen LogP contribution in [0.4, 0.5) is 4.39 Å². The normalized spacial score (nSPS) is 11.0. The molecule has 0 unspecified atom stereocenters. The molecule has 0 spiro atoms. The second-order valence-electron chi connectivity index (χ2n) is 6.56. The first-order valence-corrected chi connectivity index (χ1v) is 9.50. The maximum atomic E-state index is 13.6. The highest BCUT2D eigenvalue weighted by Gasteiger charge is 2.09. The van der Waals surface area contributed by atoms with Gasteiger partial charge in [-0.1, -0.05) is 42.5 Å². The average molecular weight is 523 g/mol. The van der Waals surface area contributed by atoms with Crippen molar-refractivity contribution < 1.29 is 9.13 Å². The van der Waals surface area contributed by atoms with Crippen molar-refractivity contribution in [2.24, 2.45) is 4.99 Å². The number of imidazole rings is 1. The zero-order valence-electron chi connectivity index (χ0n) is 17.2. The number of halogens is 2. The molecule has 0 aliphatic rings. The van der Waals surface area contributed by atoms with E-state index in [0.717, 1.165) is 18.3 Å². The molecule has 0 aliphatic heterocycles. The Hall–Kier alpha value is -2.62. The number of guanidine groups is 1. The van der Waals surface area contributed by atoms with E-state index in [0.29, 0.717) is 19.7 Å². The van der Waals surface area contributed by atoms with Gasteiger partial charge in [0.1, 0.15) is 12.4 Å². The minimum Gasteiger partial charge on any atom is -0.489 e. The van der Waals surface area contributed by atoms with E-state index in [-0.39, 0.29) is 35.5 Å². The highest BCUT2D eigenvalue weighted by Crippen LogP contribution is 2.15. The van der Waals surface area contributed by atoms with Gasteiger partial charge in [-0.2, -0.15) is 0 Å². The van der Waals surface area contributed by atoms with Crippen molar-refractivity contribution in [3.63, 3.8) is 0 Å². The molecule has 30 heavy (non-hydrogen) atoms. The van der Waals surface area contributed by atoms with E-state index < -0.39 is 0 Å². The lowest BCUT2D eigenvalue weighted by Gasteiger charge is -2.22. The lowest BCUT2D eigenvalue weighted by molar-refractivity contribution is 0.270. The summed E-state index contributed by atoms with van der Waals surface area (Å²) in [6, 6.07) is 16.7. The molecule has 6 nitrogen and oxygen atoms in total. The predicted octanol–water partition coefficient (Wildman–Crippen LogP) is 3.77. The summed E-state index contributed by atoms with van der Waals surface area (Å²) >= 11 is 0. The fraction of sp³-hybridized carbons (Fsp3) is 0.273. The molecule has 0 saturated carbocycles. The molecule has 160 valence electrons. The molecule has 0 fully saturated rings. The molecule has 0 amide bonds. The van der Waals surface area contributed by atoms with Crippen molar-refractivity contribution in [1.29, 1.82) is 0 Å². The number of hydrogen-bond donors (Lipinski definition) is 1. The van der Waals surface area contributed by atoms with E-state index in [4.69, 9.17) is 4.74 Å². The number of hydrogen-bond acceptors (Lipinski definition) is 3. The van der Waals surface area contributed by atoms with Gasteiger partial charge in [0, 0.05) is 33.0 Å². The van der Waals surface area contributed by atoms with E-state index in [1.54, 1.807) is 31.4 Å². The van der Waals surface area contributed by atoms with Gasteiger partial charge in [0.05, 0.1) is 13.1 Å². The van der Waals surface area contributed by atoms with Gasteiger partial charge in [-0.05, 0) is 17.7 Å². The van der Waals surface area contributed by atoms with Crippen molar-refractivity contribution in [1.82, 2.24) is 19.8 Å². The fourth-order valence-electron chi connectivity index (χ4n) is 2.93. The first kappa shape index (κ1) is 23.7. The molecule has 3 aromatic rings. The lowest BCUT2D eigenvalue weighted by atomic mass is 10.2. The average Bonchev–Trinajstić information content (AvgIpc) is 3.17. The summed E-state index contributed by atoms with van der Waals surface area (Å²) in [7, 11) is 3.64. The number of likely N-dealkylation sites (N-methyl/N-ethyl adjacent to an activating group) is 1. The smallest absolute Gasteiger partial charge is 0.193 e. The Morgan fingerprint density at radius 1 is 1.17 bits per heavy atom. The van der Waals surface area contributed by atoms with E-state index in [1.807, 2.05) is 36.3 Å². The Balaban J connectivity index is 0.00000320.